The predicted molar refractivity (Wildman–Crippen MR) is 78.8 cm³/mol. The van der Waals surface area contributed by atoms with Crippen LogP contribution in [0.3, 0.4) is 0 Å². The van der Waals surface area contributed by atoms with Crippen molar-refractivity contribution in [1.29, 1.82) is 0 Å². The van der Waals surface area contributed by atoms with E-state index >= 15 is 0 Å². The van der Waals surface area contributed by atoms with E-state index in [1.165, 1.54) is 11.3 Å². The molecule has 1 aliphatic heterocycles. The van der Waals surface area contributed by atoms with Crippen LogP contribution in [-0.4, -0.2) is 16.6 Å². The van der Waals surface area contributed by atoms with Crippen molar-refractivity contribution in [3.63, 3.8) is 0 Å². The van der Waals surface area contributed by atoms with Crippen LogP contribution in [0.4, 0.5) is 0 Å². The average molecular weight is 338 g/mol. The third-order valence-corrected chi connectivity index (χ3v) is 4.06. The Balaban J connectivity index is 1.64. The molecule has 1 aromatic carbocycles. The van der Waals surface area contributed by atoms with Crippen molar-refractivity contribution in [3.05, 3.63) is 39.6 Å². The fraction of sp³-hybridized carbons (Fsp3) is 0.357. The summed E-state index contributed by atoms with van der Waals surface area (Å²) in [7, 11) is 1.95. The fourth-order valence-electron chi connectivity index (χ4n) is 2.18. The second-order valence-electron chi connectivity index (χ2n) is 4.79. The summed E-state index contributed by atoms with van der Waals surface area (Å²) in [4.78, 5) is 0. The number of benzene rings is 1. The zero-order valence-electron chi connectivity index (χ0n) is 11.4. The molecule has 0 fully saturated rings. The van der Waals surface area contributed by atoms with Gasteiger partial charge in [0.25, 0.3) is 0 Å². The molecule has 3 rings (SSSR count). The van der Waals surface area contributed by atoms with E-state index in [9.17, 15) is 0 Å². The SMILES string of the molecule is Cc1c(CNCc2cc(Br)c3c(c2)OCO3)cnn1C. The number of nitrogens with zero attached hydrogens (tertiary/aromatic N) is 2. The summed E-state index contributed by atoms with van der Waals surface area (Å²) in [5.74, 6) is 1.59. The van der Waals surface area contributed by atoms with E-state index < -0.39 is 0 Å². The minimum atomic E-state index is 0.291. The lowest BCUT2D eigenvalue weighted by atomic mass is 10.2. The molecule has 1 aliphatic rings. The number of ether oxygens (including phenoxy) is 2. The summed E-state index contributed by atoms with van der Waals surface area (Å²) in [5, 5.41) is 7.66. The number of hydrogen-bond acceptors (Lipinski definition) is 4. The number of aromatic nitrogens is 2. The number of halogens is 1. The molecule has 2 aromatic rings. The van der Waals surface area contributed by atoms with E-state index in [0.717, 1.165) is 34.6 Å². The first kappa shape index (κ1) is 13.5. The quantitative estimate of drug-likeness (QED) is 0.931. The van der Waals surface area contributed by atoms with E-state index in [0.29, 0.717) is 6.79 Å². The van der Waals surface area contributed by atoms with Crippen LogP contribution in [0.2, 0.25) is 0 Å². The number of nitrogens with one attached hydrogen (secondary N) is 1. The predicted octanol–water partition coefficient (Wildman–Crippen LogP) is 2.51. The summed E-state index contributed by atoms with van der Waals surface area (Å²) in [6.07, 6.45) is 1.90. The number of hydrogen-bond donors (Lipinski definition) is 1. The van der Waals surface area contributed by atoms with Crippen LogP contribution in [-0.2, 0) is 20.1 Å². The maximum atomic E-state index is 5.41. The molecule has 0 bridgehead atoms. The van der Waals surface area contributed by atoms with Gasteiger partial charge in [0, 0.05) is 31.4 Å². The van der Waals surface area contributed by atoms with Crippen molar-refractivity contribution in [2.75, 3.05) is 6.79 Å². The van der Waals surface area contributed by atoms with E-state index in [-0.39, 0.29) is 0 Å². The molecule has 0 amide bonds. The van der Waals surface area contributed by atoms with E-state index in [4.69, 9.17) is 9.47 Å². The number of aryl methyl sites for hydroxylation is 1. The van der Waals surface area contributed by atoms with E-state index in [1.54, 1.807) is 0 Å². The first-order valence-corrected chi connectivity index (χ1v) is 7.20. The van der Waals surface area contributed by atoms with Gasteiger partial charge in [0.1, 0.15) is 0 Å². The Morgan fingerprint density at radius 1 is 1.35 bits per heavy atom. The van der Waals surface area contributed by atoms with Gasteiger partial charge in [-0.25, -0.2) is 0 Å². The molecule has 0 saturated heterocycles. The van der Waals surface area contributed by atoms with Crippen LogP contribution >= 0.6 is 15.9 Å². The van der Waals surface area contributed by atoms with Gasteiger partial charge in [-0.3, -0.25) is 4.68 Å². The molecule has 20 heavy (non-hydrogen) atoms. The highest BCUT2D eigenvalue weighted by Crippen LogP contribution is 2.39. The summed E-state index contributed by atoms with van der Waals surface area (Å²) in [6.45, 7) is 3.93. The summed E-state index contributed by atoms with van der Waals surface area (Å²) >= 11 is 3.50. The van der Waals surface area contributed by atoms with Crippen LogP contribution in [0.5, 0.6) is 11.5 Å². The molecule has 0 atom stereocenters. The summed E-state index contributed by atoms with van der Waals surface area (Å²) in [5.41, 5.74) is 3.55. The highest BCUT2D eigenvalue weighted by molar-refractivity contribution is 9.10. The summed E-state index contributed by atoms with van der Waals surface area (Å²) in [6, 6.07) is 4.06. The van der Waals surface area contributed by atoms with Gasteiger partial charge in [0.05, 0.1) is 10.7 Å². The van der Waals surface area contributed by atoms with Gasteiger partial charge >= 0.3 is 0 Å². The second kappa shape index (κ2) is 5.46. The Labute approximate surface area is 126 Å². The smallest absolute Gasteiger partial charge is 0.231 e. The Hall–Kier alpha value is -1.53. The molecule has 6 heteroatoms. The highest BCUT2D eigenvalue weighted by Gasteiger charge is 2.17. The third kappa shape index (κ3) is 2.53. The molecule has 106 valence electrons. The molecular formula is C14H16BrN3O2. The molecule has 0 spiro atoms. The molecule has 1 aromatic heterocycles. The standard InChI is InChI=1S/C14H16BrN3O2/c1-9-11(7-17-18(9)2)6-16-5-10-3-12(15)14-13(4-10)19-8-20-14/h3-4,7,16H,5-6,8H2,1-2H3. The molecule has 0 saturated carbocycles. The van der Waals surface area contributed by atoms with Crippen molar-refractivity contribution in [1.82, 2.24) is 15.1 Å². The Morgan fingerprint density at radius 2 is 2.20 bits per heavy atom. The normalized spacial score (nSPS) is 12.9. The molecule has 1 N–H and O–H groups in total. The fourth-order valence-corrected chi connectivity index (χ4v) is 2.79. The lowest BCUT2D eigenvalue weighted by molar-refractivity contribution is 0.173. The van der Waals surface area contributed by atoms with E-state index in [2.05, 4.69) is 39.3 Å². The van der Waals surface area contributed by atoms with E-state index in [1.807, 2.05) is 24.0 Å². The van der Waals surface area contributed by atoms with Crippen LogP contribution in [0.1, 0.15) is 16.8 Å². The van der Waals surface area contributed by atoms with Crippen LogP contribution in [0, 0.1) is 6.92 Å². The Kier molecular flexibility index (Phi) is 3.67. The molecule has 0 aliphatic carbocycles. The van der Waals surface area contributed by atoms with Gasteiger partial charge in [0.15, 0.2) is 11.5 Å². The van der Waals surface area contributed by atoms with Crippen molar-refractivity contribution < 1.29 is 9.47 Å². The molecule has 0 radical (unpaired) electrons. The zero-order valence-corrected chi connectivity index (χ0v) is 13.0. The highest BCUT2D eigenvalue weighted by atomic mass is 79.9. The third-order valence-electron chi connectivity index (χ3n) is 3.47. The second-order valence-corrected chi connectivity index (χ2v) is 5.65. The first-order chi connectivity index (χ1) is 9.65. The lowest BCUT2D eigenvalue weighted by Gasteiger charge is -2.07. The minimum absolute atomic E-state index is 0.291. The molecular weight excluding hydrogens is 322 g/mol. The zero-order chi connectivity index (χ0) is 14.1. The van der Waals surface area contributed by atoms with Gasteiger partial charge in [-0.15, -0.1) is 0 Å². The van der Waals surface area contributed by atoms with Crippen molar-refractivity contribution in [3.8, 4) is 11.5 Å². The van der Waals surface area contributed by atoms with Gasteiger partial charge in [-0.1, -0.05) is 0 Å². The minimum Gasteiger partial charge on any atom is -0.454 e. The molecule has 0 unspecified atom stereocenters. The Morgan fingerprint density at radius 3 is 2.95 bits per heavy atom. The Bertz CT molecular complexity index is 640. The first-order valence-electron chi connectivity index (χ1n) is 6.41. The van der Waals surface area contributed by atoms with Gasteiger partial charge in [0.2, 0.25) is 6.79 Å². The topological polar surface area (TPSA) is 48.3 Å². The average Bonchev–Trinajstić information content (AvgIpc) is 3.00. The maximum Gasteiger partial charge on any atom is 0.231 e. The van der Waals surface area contributed by atoms with Crippen LogP contribution in [0.25, 0.3) is 0 Å². The van der Waals surface area contributed by atoms with Gasteiger partial charge < -0.3 is 14.8 Å². The number of rotatable bonds is 4. The molecule has 5 nitrogen and oxygen atoms in total. The lowest BCUT2D eigenvalue weighted by Crippen LogP contribution is -2.13. The molecule has 2 heterocycles. The largest absolute Gasteiger partial charge is 0.454 e. The maximum absolute atomic E-state index is 5.41. The van der Waals surface area contributed by atoms with Crippen molar-refractivity contribution >= 4 is 15.9 Å². The van der Waals surface area contributed by atoms with Gasteiger partial charge in [-0.05, 0) is 40.5 Å². The van der Waals surface area contributed by atoms with Crippen molar-refractivity contribution in [2.24, 2.45) is 7.05 Å². The van der Waals surface area contributed by atoms with Crippen molar-refractivity contribution in [2.45, 2.75) is 20.0 Å². The number of fused-ring (bicyclic) bond motifs is 1. The monoisotopic (exact) mass is 337 g/mol. The van der Waals surface area contributed by atoms with Crippen LogP contribution < -0.4 is 14.8 Å². The van der Waals surface area contributed by atoms with Gasteiger partial charge in [-0.2, -0.15) is 5.10 Å². The summed E-state index contributed by atoms with van der Waals surface area (Å²) < 4.78 is 13.6. The van der Waals surface area contributed by atoms with Crippen LogP contribution in [0.15, 0.2) is 22.8 Å².